The molecule has 1 aliphatic rings. The number of fused-ring (bicyclic) bond motifs is 1. The highest BCUT2D eigenvalue weighted by molar-refractivity contribution is 6.30. The minimum atomic E-state index is -0.743. The van der Waals surface area contributed by atoms with Crippen molar-refractivity contribution in [2.24, 2.45) is 0 Å². The molecule has 1 saturated heterocycles. The number of likely N-dealkylation sites (N-methyl/N-ethyl adjacent to an activating group) is 1. The summed E-state index contributed by atoms with van der Waals surface area (Å²) in [6.07, 6.45) is 1.04. The van der Waals surface area contributed by atoms with Crippen molar-refractivity contribution in [2.75, 3.05) is 25.0 Å². The van der Waals surface area contributed by atoms with Gasteiger partial charge in [-0.3, -0.25) is 0 Å². The molecule has 0 radical (unpaired) electrons. The number of amides is 1. The molecule has 0 N–H and O–H groups in total. The van der Waals surface area contributed by atoms with Crippen LogP contribution in [0.4, 0.5) is 15.0 Å². The smallest absolute Gasteiger partial charge is 0.410 e. The Hall–Kier alpha value is -1.93. The molecule has 7 nitrogen and oxygen atoms in total. The highest BCUT2D eigenvalue weighted by atomic mass is 35.5. The molecule has 26 heavy (non-hydrogen) atoms. The standard InChI is InChI=1S/C16H18Cl2FN5O2/c1-16(2,3)26-15(25)24-6-8(7-24)23(4)13-9-5-20-12(17)10(19)11(9)21-14(18)22-13/h5,8H,6-7H2,1-4H3. The lowest BCUT2D eigenvalue weighted by molar-refractivity contribution is 0.00848. The fourth-order valence-electron chi connectivity index (χ4n) is 2.61. The molecule has 3 heterocycles. The molecule has 0 saturated carbocycles. The van der Waals surface area contributed by atoms with Gasteiger partial charge in [0.05, 0.1) is 11.4 Å². The lowest BCUT2D eigenvalue weighted by Crippen LogP contribution is -2.61. The zero-order chi connectivity index (χ0) is 19.2. The van der Waals surface area contributed by atoms with Crippen LogP contribution in [0.5, 0.6) is 0 Å². The Balaban J connectivity index is 1.81. The summed E-state index contributed by atoms with van der Waals surface area (Å²) in [5.74, 6) is -0.316. The predicted octanol–water partition coefficient (Wildman–Crippen LogP) is 3.53. The summed E-state index contributed by atoms with van der Waals surface area (Å²) >= 11 is 11.7. The van der Waals surface area contributed by atoms with Gasteiger partial charge < -0.3 is 14.5 Å². The number of halogens is 3. The van der Waals surface area contributed by atoms with Crippen molar-refractivity contribution >= 4 is 46.0 Å². The molecular formula is C16H18Cl2FN5O2. The molecule has 0 atom stereocenters. The van der Waals surface area contributed by atoms with E-state index in [1.165, 1.54) is 6.20 Å². The molecule has 2 aromatic rings. The van der Waals surface area contributed by atoms with Crippen molar-refractivity contribution in [1.29, 1.82) is 0 Å². The van der Waals surface area contributed by atoms with Gasteiger partial charge in [-0.1, -0.05) is 11.6 Å². The van der Waals surface area contributed by atoms with E-state index in [2.05, 4.69) is 15.0 Å². The Kier molecular flexibility index (Phi) is 4.83. The number of aromatic nitrogens is 3. The fraction of sp³-hybridized carbons (Fsp3) is 0.500. The summed E-state index contributed by atoms with van der Waals surface area (Å²) in [7, 11) is 1.79. The van der Waals surface area contributed by atoms with Crippen molar-refractivity contribution in [1.82, 2.24) is 19.9 Å². The van der Waals surface area contributed by atoms with Crippen LogP contribution in [0, 0.1) is 5.82 Å². The first-order chi connectivity index (χ1) is 12.1. The maximum atomic E-state index is 14.2. The van der Waals surface area contributed by atoms with Crippen LogP contribution in [0.15, 0.2) is 6.20 Å². The van der Waals surface area contributed by atoms with Crippen LogP contribution >= 0.6 is 23.2 Å². The molecule has 0 spiro atoms. The highest BCUT2D eigenvalue weighted by Gasteiger charge is 2.37. The van der Waals surface area contributed by atoms with Crippen LogP contribution in [-0.4, -0.2) is 57.7 Å². The minimum absolute atomic E-state index is 0.00942. The number of ether oxygens (including phenoxy) is 1. The number of carbonyl (C=O) groups is 1. The van der Waals surface area contributed by atoms with Crippen molar-refractivity contribution in [3.63, 3.8) is 0 Å². The van der Waals surface area contributed by atoms with Crippen molar-refractivity contribution in [3.8, 4) is 0 Å². The Labute approximate surface area is 160 Å². The zero-order valence-electron chi connectivity index (χ0n) is 14.8. The normalized spacial score (nSPS) is 15.1. The number of anilines is 1. The van der Waals surface area contributed by atoms with Gasteiger partial charge in [-0.15, -0.1) is 0 Å². The van der Waals surface area contributed by atoms with E-state index >= 15 is 0 Å². The monoisotopic (exact) mass is 401 g/mol. The zero-order valence-corrected chi connectivity index (χ0v) is 16.3. The van der Waals surface area contributed by atoms with Gasteiger partial charge in [0.25, 0.3) is 0 Å². The molecule has 0 aromatic carbocycles. The summed E-state index contributed by atoms with van der Waals surface area (Å²) in [4.78, 5) is 27.4. The van der Waals surface area contributed by atoms with Gasteiger partial charge >= 0.3 is 6.09 Å². The topological polar surface area (TPSA) is 71.5 Å². The van der Waals surface area contributed by atoms with Gasteiger partial charge in [0.2, 0.25) is 5.28 Å². The van der Waals surface area contributed by atoms with Crippen LogP contribution in [0.25, 0.3) is 10.9 Å². The average molecular weight is 402 g/mol. The molecule has 1 aliphatic heterocycles. The molecule has 3 rings (SSSR count). The molecule has 0 bridgehead atoms. The lowest BCUT2D eigenvalue weighted by Gasteiger charge is -2.44. The number of likely N-dealkylation sites (tertiary alicyclic amines) is 1. The first kappa shape index (κ1) is 18.8. The Bertz CT molecular complexity index is 868. The Morgan fingerprint density at radius 2 is 2.00 bits per heavy atom. The SMILES string of the molecule is CN(c1nc(Cl)nc2c(F)c(Cl)ncc12)C1CN(C(=O)OC(C)(C)C)C1. The third-order valence-corrected chi connectivity index (χ3v) is 4.42. The average Bonchev–Trinajstić information content (AvgIpc) is 2.47. The minimum Gasteiger partial charge on any atom is -0.444 e. The van der Waals surface area contributed by atoms with E-state index < -0.39 is 11.4 Å². The van der Waals surface area contributed by atoms with Gasteiger partial charge in [-0.2, -0.15) is 4.98 Å². The summed E-state index contributed by atoms with van der Waals surface area (Å²) < 4.78 is 19.6. The predicted molar refractivity (Wildman–Crippen MR) is 97.3 cm³/mol. The molecule has 10 heteroatoms. The summed E-state index contributed by atoms with van der Waals surface area (Å²) in [6.45, 7) is 6.36. The van der Waals surface area contributed by atoms with Crippen LogP contribution < -0.4 is 4.90 Å². The molecular weight excluding hydrogens is 384 g/mol. The number of hydrogen-bond acceptors (Lipinski definition) is 6. The third-order valence-electron chi connectivity index (χ3n) is 3.99. The van der Waals surface area contributed by atoms with Crippen LogP contribution in [-0.2, 0) is 4.74 Å². The van der Waals surface area contributed by atoms with Gasteiger partial charge in [0, 0.05) is 26.3 Å². The number of carbonyl (C=O) groups excluding carboxylic acids is 1. The van der Waals surface area contributed by atoms with Gasteiger partial charge in [0.1, 0.15) is 16.9 Å². The maximum Gasteiger partial charge on any atom is 0.410 e. The second-order valence-corrected chi connectivity index (χ2v) is 7.79. The fourth-order valence-corrected chi connectivity index (χ4v) is 2.91. The molecule has 0 unspecified atom stereocenters. The number of pyridine rings is 1. The molecule has 1 amide bonds. The second-order valence-electron chi connectivity index (χ2n) is 7.09. The largest absolute Gasteiger partial charge is 0.444 e. The third kappa shape index (κ3) is 3.61. The van der Waals surface area contributed by atoms with Crippen molar-refractivity contribution in [2.45, 2.75) is 32.4 Å². The molecule has 140 valence electrons. The Morgan fingerprint density at radius 1 is 1.35 bits per heavy atom. The highest BCUT2D eigenvalue weighted by Crippen LogP contribution is 2.31. The Morgan fingerprint density at radius 3 is 2.62 bits per heavy atom. The van der Waals surface area contributed by atoms with E-state index in [1.54, 1.807) is 11.9 Å². The number of hydrogen-bond donors (Lipinski definition) is 0. The van der Waals surface area contributed by atoms with E-state index in [0.717, 1.165) is 0 Å². The molecule has 0 aliphatic carbocycles. The lowest BCUT2D eigenvalue weighted by atomic mass is 10.1. The summed E-state index contributed by atoms with van der Waals surface area (Å²) in [5.41, 5.74) is -0.539. The van der Waals surface area contributed by atoms with Gasteiger partial charge in [0.15, 0.2) is 11.0 Å². The molecule has 1 fully saturated rings. The number of rotatable bonds is 2. The molecule has 2 aromatic heterocycles. The summed E-state index contributed by atoms with van der Waals surface area (Å²) in [6, 6.07) is -0.0181. The van der Waals surface area contributed by atoms with Gasteiger partial charge in [-0.25, -0.2) is 19.2 Å². The first-order valence-corrected chi connectivity index (χ1v) is 8.70. The summed E-state index contributed by atoms with van der Waals surface area (Å²) in [5, 5.41) is 0.0268. The first-order valence-electron chi connectivity index (χ1n) is 7.95. The van der Waals surface area contributed by atoms with E-state index in [4.69, 9.17) is 27.9 Å². The van der Waals surface area contributed by atoms with Crippen molar-refractivity contribution < 1.29 is 13.9 Å². The van der Waals surface area contributed by atoms with Crippen LogP contribution in [0.3, 0.4) is 0 Å². The van der Waals surface area contributed by atoms with E-state index in [1.807, 2.05) is 25.7 Å². The van der Waals surface area contributed by atoms with Crippen LogP contribution in [0.1, 0.15) is 20.8 Å². The van der Waals surface area contributed by atoms with E-state index in [0.29, 0.717) is 24.3 Å². The quantitative estimate of drug-likeness (QED) is 0.566. The number of nitrogens with zero attached hydrogens (tertiary/aromatic N) is 5. The second kappa shape index (κ2) is 6.66. The van der Waals surface area contributed by atoms with Gasteiger partial charge in [-0.05, 0) is 32.4 Å². The van der Waals surface area contributed by atoms with E-state index in [9.17, 15) is 9.18 Å². The van der Waals surface area contributed by atoms with Crippen molar-refractivity contribution in [3.05, 3.63) is 22.5 Å². The van der Waals surface area contributed by atoms with Crippen LogP contribution in [0.2, 0.25) is 10.4 Å². The van der Waals surface area contributed by atoms with E-state index in [-0.39, 0.29) is 28.1 Å². The maximum absolute atomic E-state index is 14.2.